The molecule has 0 N–H and O–H groups in total. The standard InChI is InChI=1S/C19H28N2O2.ClH/c1-4-13-20-14-11-19(12-15-20,16-23-3)21(18(22)5-2)17-9-7-6-8-10-17;/h4,6-10H,1,5,11-16H2,2-3H3;1H. The van der Waals surface area contributed by atoms with E-state index in [1.165, 1.54) is 0 Å². The molecule has 1 aromatic rings. The van der Waals surface area contributed by atoms with Crippen LogP contribution in [0.2, 0.25) is 0 Å². The average Bonchev–Trinajstić information content (AvgIpc) is 2.58. The number of amides is 1. The minimum Gasteiger partial charge on any atom is -0.382 e. The molecule has 2 rings (SSSR count). The van der Waals surface area contributed by atoms with E-state index in [9.17, 15) is 4.79 Å². The quantitative estimate of drug-likeness (QED) is 0.704. The van der Waals surface area contributed by atoms with Crippen LogP contribution in [0.15, 0.2) is 43.0 Å². The van der Waals surface area contributed by atoms with Gasteiger partial charge in [-0.2, -0.15) is 0 Å². The number of halogens is 1. The molecule has 0 saturated carbocycles. The third-order valence-corrected chi connectivity index (χ3v) is 4.63. The fraction of sp³-hybridized carbons (Fsp3) is 0.526. The van der Waals surface area contributed by atoms with Crippen molar-refractivity contribution in [2.75, 3.05) is 38.3 Å². The van der Waals surface area contributed by atoms with Gasteiger partial charge in [0.25, 0.3) is 0 Å². The van der Waals surface area contributed by atoms with Crippen LogP contribution < -0.4 is 4.90 Å². The molecule has 0 aliphatic carbocycles. The van der Waals surface area contributed by atoms with Gasteiger partial charge >= 0.3 is 0 Å². The van der Waals surface area contributed by atoms with Gasteiger partial charge in [-0.15, -0.1) is 19.0 Å². The van der Waals surface area contributed by atoms with Gasteiger partial charge in [0.05, 0.1) is 12.1 Å². The van der Waals surface area contributed by atoms with Crippen LogP contribution in [-0.4, -0.2) is 49.7 Å². The van der Waals surface area contributed by atoms with E-state index >= 15 is 0 Å². The fourth-order valence-corrected chi connectivity index (χ4v) is 3.45. The monoisotopic (exact) mass is 352 g/mol. The minimum absolute atomic E-state index is 0. The number of piperidine rings is 1. The predicted octanol–water partition coefficient (Wildman–Crippen LogP) is 3.52. The number of carbonyl (C=O) groups excluding carboxylic acids is 1. The Morgan fingerprint density at radius 2 is 1.96 bits per heavy atom. The Hall–Kier alpha value is -1.36. The number of likely N-dealkylation sites (tertiary alicyclic amines) is 1. The van der Waals surface area contributed by atoms with E-state index in [2.05, 4.69) is 11.5 Å². The van der Waals surface area contributed by atoms with Gasteiger partial charge in [0, 0.05) is 38.9 Å². The maximum atomic E-state index is 12.7. The summed E-state index contributed by atoms with van der Waals surface area (Å²) in [6.45, 7) is 9.12. The van der Waals surface area contributed by atoms with Gasteiger partial charge in [-0.05, 0) is 25.0 Å². The largest absolute Gasteiger partial charge is 0.382 e. The van der Waals surface area contributed by atoms with E-state index in [0.717, 1.165) is 38.2 Å². The first-order valence-electron chi connectivity index (χ1n) is 8.37. The van der Waals surface area contributed by atoms with Gasteiger partial charge in [0.1, 0.15) is 0 Å². The number of anilines is 1. The number of hydrogen-bond donors (Lipinski definition) is 0. The summed E-state index contributed by atoms with van der Waals surface area (Å²) in [4.78, 5) is 17.1. The summed E-state index contributed by atoms with van der Waals surface area (Å²) in [6.07, 6.45) is 4.26. The molecular formula is C19H29ClN2O2. The van der Waals surface area contributed by atoms with E-state index in [1.807, 2.05) is 48.2 Å². The zero-order valence-corrected chi connectivity index (χ0v) is 15.6. The molecule has 1 heterocycles. The smallest absolute Gasteiger partial charge is 0.227 e. The number of hydrogen-bond acceptors (Lipinski definition) is 3. The maximum Gasteiger partial charge on any atom is 0.227 e. The lowest BCUT2D eigenvalue weighted by Gasteiger charge is -2.48. The van der Waals surface area contributed by atoms with Crippen molar-refractivity contribution in [2.45, 2.75) is 31.7 Å². The third kappa shape index (κ3) is 4.59. The topological polar surface area (TPSA) is 32.8 Å². The first kappa shape index (κ1) is 20.7. The highest BCUT2D eigenvalue weighted by Crippen LogP contribution is 2.34. The van der Waals surface area contributed by atoms with Crippen LogP contribution in [-0.2, 0) is 9.53 Å². The highest BCUT2D eigenvalue weighted by atomic mass is 35.5. The Morgan fingerprint density at radius 3 is 2.46 bits per heavy atom. The summed E-state index contributed by atoms with van der Waals surface area (Å²) in [5, 5.41) is 0. The number of carbonyl (C=O) groups is 1. The van der Waals surface area contributed by atoms with Crippen LogP contribution >= 0.6 is 12.4 Å². The fourth-order valence-electron chi connectivity index (χ4n) is 3.45. The zero-order valence-electron chi connectivity index (χ0n) is 14.7. The van der Waals surface area contributed by atoms with Gasteiger partial charge in [-0.25, -0.2) is 0 Å². The van der Waals surface area contributed by atoms with Crippen LogP contribution in [0, 0.1) is 0 Å². The molecule has 1 saturated heterocycles. The molecule has 1 aliphatic heterocycles. The maximum absolute atomic E-state index is 12.7. The molecule has 0 radical (unpaired) electrons. The SMILES string of the molecule is C=CCN1CCC(COC)(N(C(=O)CC)c2ccccc2)CC1.Cl. The van der Waals surface area contributed by atoms with Crippen molar-refractivity contribution in [3.05, 3.63) is 43.0 Å². The number of ether oxygens (including phenoxy) is 1. The number of rotatable bonds is 7. The highest BCUT2D eigenvalue weighted by Gasteiger charge is 2.42. The van der Waals surface area contributed by atoms with Crippen LogP contribution in [0.5, 0.6) is 0 Å². The summed E-state index contributed by atoms with van der Waals surface area (Å²) in [5.74, 6) is 0.158. The molecule has 0 spiro atoms. The van der Waals surface area contributed by atoms with E-state index in [1.54, 1.807) is 7.11 Å². The summed E-state index contributed by atoms with van der Waals surface area (Å²) in [7, 11) is 1.72. The second-order valence-electron chi connectivity index (χ2n) is 6.16. The zero-order chi connectivity index (χ0) is 16.7. The lowest BCUT2D eigenvalue weighted by Crippen LogP contribution is -2.60. The molecular weight excluding hydrogens is 324 g/mol. The molecule has 5 heteroatoms. The van der Waals surface area contributed by atoms with Gasteiger partial charge in [0.2, 0.25) is 5.91 Å². The lowest BCUT2D eigenvalue weighted by atomic mass is 9.85. The van der Waals surface area contributed by atoms with Gasteiger partial charge in [0.15, 0.2) is 0 Å². The molecule has 1 aromatic carbocycles. The summed E-state index contributed by atoms with van der Waals surface area (Å²) in [6, 6.07) is 9.98. The first-order chi connectivity index (χ1) is 11.2. The Labute approximate surface area is 151 Å². The van der Waals surface area contributed by atoms with E-state index in [-0.39, 0.29) is 23.9 Å². The van der Waals surface area contributed by atoms with Crippen molar-refractivity contribution in [2.24, 2.45) is 0 Å². The van der Waals surface area contributed by atoms with Crippen molar-refractivity contribution in [3.63, 3.8) is 0 Å². The molecule has 4 nitrogen and oxygen atoms in total. The number of para-hydroxylation sites is 1. The van der Waals surface area contributed by atoms with Crippen molar-refractivity contribution in [3.8, 4) is 0 Å². The minimum atomic E-state index is -0.263. The van der Waals surface area contributed by atoms with Crippen molar-refractivity contribution >= 4 is 24.0 Å². The van der Waals surface area contributed by atoms with Crippen molar-refractivity contribution in [1.82, 2.24) is 4.90 Å². The van der Waals surface area contributed by atoms with Crippen LogP contribution in [0.25, 0.3) is 0 Å². The van der Waals surface area contributed by atoms with Crippen molar-refractivity contribution < 1.29 is 9.53 Å². The number of nitrogens with zero attached hydrogens (tertiary/aromatic N) is 2. The average molecular weight is 353 g/mol. The number of methoxy groups -OCH3 is 1. The van der Waals surface area contributed by atoms with E-state index in [0.29, 0.717) is 13.0 Å². The van der Waals surface area contributed by atoms with Gasteiger partial charge in [-0.1, -0.05) is 31.2 Å². The summed E-state index contributed by atoms with van der Waals surface area (Å²) >= 11 is 0. The summed E-state index contributed by atoms with van der Waals surface area (Å²) < 4.78 is 5.54. The van der Waals surface area contributed by atoms with Gasteiger partial charge in [-0.3, -0.25) is 9.69 Å². The van der Waals surface area contributed by atoms with Crippen LogP contribution in [0.1, 0.15) is 26.2 Å². The Kier molecular flexibility index (Phi) is 8.46. The van der Waals surface area contributed by atoms with Crippen LogP contribution in [0.4, 0.5) is 5.69 Å². The van der Waals surface area contributed by atoms with E-state index < -0.39 is 0 Å². The highest BCUT2D eigenvalue weighted by molar-refractivity contribution is 5.94. The normalized spacial score (nSPS) is 16.9. The third-order valence-electron chi connectivity index (χ3n) is 4.63. The Balaban J connectivity index is 0.00000288. The predicted molar refractivity (Wildman–Crippen MR) is 102 cm³/mol. The molecule has 0 bridgehead atoms. The molecule has 1 aliphatic rings. The second kappa shape index (κ2) is 9.82. The van der Waals surface area contributed by atoms with Crippen molar-refractivity contribution in [1.29, 1.82) is 0 Å². The molecule has 0 aromatic heterocycles. The first-order valence-corrected chi connectivity index (χ1v) is 8.37. The molecule has 1 amide bonds. The molecule has 0 atom stereocenters. The second-order valence-corrected chi connectivity index (χ2v) is 6.16. The van der Waals surface area contributed by atoms with Crippen LogP contribution in [0.3, 0.4) is 0 Å². The lowest BCUT2D eigenvalue weighted by molar-refractivity contribution is -0.120. The number of benzene rings is 1. The van der Waals surface area contributed by atoms with E-state index in [4.69, 9.17) is 4.74 Å². The molecule has 0 unspecified atom stereocenters. The Morgan fingerprint density at radius 1 is 1.33 bits per heavy atom. The Bertz CT molecular complexity index is 513. The molecule has 134 valence electrons. The van der Waals surface area contributed by atoms with Gasteiger partial charge < -0.3 is 9.64 Å². The molecule has 1 fully saturated rings. The molecule has 24 heavy (non-hydrogen) atoms. The summed E-state index contributed by atoms with van der Waals surface area (Å²) in [5.41, 5.74) is 0.703.